The third-order valence-corrected chi connectivity index (χ3v) is 5.93. The Kier molecular flexibility index (Phi) is 6.29. The van der Waals surface area contributed by atoms with Gasteiger partial charge in [-0.05, 0) is 56.5 Å². The van der Waals surface area contributed by atoms with Crippen LogP contribution in [0.3, 0.4) is 0 Å². The minimum Gasteiger partial charge on any atom is -0.497 e. The molecule has 2 aliphatic heterocycles. The lowest BCUT2D eigenvalue weighted by molar-refractivity contribution is -0.116. The van der Waals surface area contributed by atoms with E-state index in [0.29, 0.717) is 17.9 Å². The van der Waals surface area contributed by atoms with Crippen molar-refractivity contribution in [1.82, 2.24) is 5.32 Å². The summed E-state index contributed by atoms with van der Waals surface area (Å²) in [5, 5.41) is 19.4. The molecule has 4 rings (SSSR count). The number of nitrogens with one attached hydrogen (secondary N) is 3. The fourth-order valence-corrected chi connectivity index (χ4v) is 4.24. The van der Waals surface area contributed by atoms with Crippen LogP contribution in [0.25, 0.3) is 0 Å². The van der Waals surface area contributed by atoms with Gasteiger partial charge in [-0.1, -0.05) is 6.07 Å². The van der Waals surface area contributed by atoms with E-state index in [9.17, 15) is 14.3 Å². The van der Waals surface area contributed by atoms with Gasteiger partial charge in [0.25, 0.3) is 0 Å². The van der Waals surface area contributed by atoms with Gasteiger partial charge in [-0.3, -0.25) is 10.1 Å². The number of hydrogen-bond acceptors (Lipinski definition) is 6. The number of carbonyl (C=O) groups is 1. The molecule has 1 amide bonds. The van der Waals surface area contributed by atoms with E-state index in [1.165, 1.54) is 23.4 Å². The van der Waals surface area contributed by atoms with Crippen LogP contribution in [0.2, 0.25) is 0 Å². The summed E-state index contributed by atoms with van der Waals surface area (Å²) in [7, 11) is 1.67. The zero-order valence-electron chi connectivity index (χ0n) is 17.9. The maximum absolute atomic E-state index is 14.5. The molecule has 31 heavy (non-hydrogen) atoms. The first kappa shape index (κ1) is 21.4. The van der Waals surface area contributed by atoms with Crippen molar-refractivity contribution < 1.29 is 19.0 Å². The van der Waals surface area contributed by atoms with Crippen molar-refractivity contribution in [2.24, 2.45) is 0 Å². The highest BCUT2D eigenvalue weighted by Gasteiger charge is 2.28. The fraction of sp³-hybridized carbons (Fsp3) is 0.435. The minimum atomic E-state index is -1.18. The monoisotopic (exact) mass is 428 g/mol. The normalized spacial score (nSPS) is 18.5. The molecule has 166 valence electrons. The van der Waals surface area contributed by atoms with E-state index in [0.717, 1.165) is 38.1 Å². The van der Waals surface area contributed by atoms with Crippen molar-refractivity contribution in [2.75, 3.05) is 42.3 Å². The predicted molar refractivity (Wildman–Crippen MR) is 119 cm³/mol. The molecule has 4 N–H and O–H groups in total. The first-order valence-electron chi connectivity index (χ1n) is 10.7. The van der Waals surface area contributed by atoms with Gasteiger partial charge in [0, 0.05) is 24.8 Å². The summed E-state index contributed by atoms with van der Waals surface area (Å²) in [5.74, 6) is 0.134. The van der Waals surface area contributed by atoms with Crippen LogP contribution in [0.1, 0.15) is 37.1 Å². The molecule has 2 aromatic carbocycles. The molecular weight excluding hydrogens is 399 g/mol. The first-order valence-corrected chi connectivity index (χ1v) is 10.7. The van der Waals surface area contributed by atoms with Crippen LogP contribution < -0.4 is 25.6 Å². The Hall–Kier alpha value is -2.84. The third-order valence-electron chi connectivity index (χ3n) is 5.93. The lowest BCUT2D eigenvalue weighted by atomic mass is 10.0. The molecule has 7 nitrogen and oxygen atoms in total. The molecule has 0 aromatic heterocycles. The van der Waals surface area contributed by atoms with E-state index in [4.69, 9.17) is 4.74 Å². The van der Waals surface area contributed by atoms with Gasteiger partial charge in [-0.15, -0.1) is 0 Å². The number of carbonyl (C=O) groups excluding carboxylic acids is 1. The van der Waals surface area contributed by atoms with Crippen molar-refractivity contribution >= 4 is 23.0 Å². The summed E-state index contributed by atoms with van der Waals surface area (Å²) in [6.07, 6.45) is 1.77. The van der Waals surface area contributed by atoms with Crippen LogP contribution in [0.15, 0.2) is 30.3 Å². The summed E-state index contributed by atoms with van der Waals surface area (Å²) in [6, 6.07) is 8.44. The fourth-order valence-electron chi connectivity index (χ4n) is 4.24. The predicted octanol–water partition coefficient (Wildman–Crippen LogP) is 3.01. The van der Waals surface area contributed by atoms with Crippen LogP contribution in [-0.4, -0.2) is 43.8 Å². The molecule has 0 saturated carbocycles. The molecule has 8 heteroatoms. The van der Waals surface area contributed by atoms with Gasteiger partial charge >= 0.3 is 0 Å². The average molecular weight is 429 g/mol. The second kappa shape index (κ2) is 9.11. The largest absolute Gasteiger partial charge is 0.497 e. The zero-order valence-corrected chi connectivity index (χ0v) is 17.9. The van der Waals surface area contributed by atoms with Gasteiger partial charge in [0.1, 0.15) is 23.8 Å². The van der Waals surface area contributed by atoms with E-state index in [1.807, 2.05) is 6.07 Å². The van der Waals surface area contributed by atoms with Crippen LogP contribution in [-0.2, 0) is 11.2 Å². The van der Waals surface area contributed by atoms with Gasteiger partial charge in [0.15, 0.2) is 0 Å². The molecule has 0 spiro atoms. The Labute approximate surface area is 181 Å². The molecule has 2 atom stereocenters. The number of fused-ring (bicyclic) bond motifs is 2. The number of ether oxygens (including phenoxy) is 1. The molecule has 0 bridgehead atoms. The summed E-state index contributed by atoms with van der Waals surface area (Å²) in [5.41, 5.74) is 3.53. The van der Waals surface area contributed by atoms with Crippen molar-refractivity contribution in [3.05, 3.63) is 47.3 Å². The molecule has 0 saturated heterocycles. The molecule has 2 aliphatic rings. The molecule has 0 fully saturated rings. The summed E-state index contributed by atoms with van der Waals surface area (Å²) < 4.78 is 19.9. The first-order chi connectivity index (χ1) is 15.0. The Morgan fingerprint density at radius 1 is 1.35 bits per heavy atom. The highest BCUT2D eigenvalue weighted by atomic mass is 19.1. The number of aryl methyl sites for hydroxylation is 1. The number of amides is 1. The molecule has 2 unspecified atom stereocenters. The quantitative estimate of drug-likeness (QED) is 0.401. The molecule has 0 radical (unpaired) electrons. The van der Waals surface area contributed by atoms with E-state index in [-0.39, 0.29) is 11.5 Å². The number of anilines is 3. The minimum absolute atomic E-state index is 0.123. The van der Waals surface area contributed by atoms with E-state index < -0.39 is 18.1 Å². The van der Waals surface area contributed by atoms with Crippen molar-refractivity contribution in [3.63, 3.8) is 0 Å². The van der Waals surface area contributed by atoms with Crippen LogP contribution in [0.4, 0.5) is 21.5 Å². The highest BCUT2D eigenvalue weighted by molar-refractivity contribution is 6.03. The standard InChI is InChI=1S/C23H29FN4O3/c1-14-22(29)27-18-9-8-17(24)20(21(18)26-14)23(30)25-10-4-12-28-11-3-5-15-6-7-16(31-2)13-19(15)28/h6-9,13-14,23,25-26,30H,3-5,10-12H2,1-2H3,(H,27,29). The van der Waals surface area contributed by atoms with Crippen molar-refractivity contribution in [2.45, 2.75) is 38.5 Å². The maximum atomic E-state index is 14.5. The van der Waals surface area contributed by atoms with Gasteiger partial charge in [0.05, 0.1) is 24.0 Å². The van der Waals surface area contributed by atoms with Crippen LogP contribution in [0.5, 0.6) is 5.75 Å². The van der Waals surface area contributed by atoms with Gasteiger partial charge in [0.2, 0.25) is 5.91 Å². The Morgan fingerprint density at radius 3 is 3.00 bits per heavy atom. The van der Waals surface area contributed by atoms with E-state index in [1.54, 1.807) is 14.0 Å². The topological polar surface area (TPSA) is 85.9 Å². The lowest BCUT2D eigenvalue weighted by Gasteiger charge is -2.32. The Morgan fingerprint density at radius 2 is 2.19 bits per heavy atom. The van der Waals surface area contributed by atoms with Crippen LogP contribution in [0, 0.1) is 5.82 Å². The van der Waals surface area contributed by atoms with Crippen LogP contribution >= 0.6 is 0 Å². The number of aliphatic hydroxyl groups excluding tert-OH is 1. The van der Waals surface area contributed by atoms with Gasteiger partial charge < -0.3 is 25.4 Å². The average Bonchev–Trinajstić information content (AvgIpc) is 2.77. The number of nitrogens with zero attached hydrogens (tertiary/aromatic N) is 1. The maximum Gasteiger partial charge on any atom is 0.246 e. The number of rotatable bonds is 7. The SMILES string of the molecule is COc1ccc2c(c1)N(CCCNC(O)c1c(F)ccc3c1NC(C)C(=O)N3)CCC2. The second-order valence-corrected chi connectivity index (χ2v) is 8.03. The summed E-state index contributed by atoms with van der Waals surface area (Å²) in [4.78, 5) is 14.2. The molecule has 0 aliphatic carbocycles. The number of benzene rings is 2. The number of aliphatic hydroxyl groups is 1. The van der Waals surface area contributed by atoms with E-state index in [2.05, 4.69) is 33.0 Å². The van der Waals surface area contributed by atoms with Crippen molar-refractivity contribution in [3.8, 4) is 5.75 Å². The highest BCUT2D eigenvalue weighted by Crippen LogP contribution is 2.35. The zero-order chi connectivity index (χ0) is 22.0. The second-order valence-electron chi connectivity index (χ2n) is 8.03. The molecule has 2 heterocycles. The van der Waals surface area contributed by atoms with Crippen molar-refractivity contribution in [1.29, 1.82) is 0 Å². The van der Waals surface area contributed by atoms with Gasteiger partial charge in [-0.25, -0.2) is 4.39 Å². The number of methoxy groups -OCH3 is 1. The Balaban J connectivity index is 1.38. The third kappa shape index (κ3) is 4.45. The smallest absolute Gasteiger partial charge is 0.246 e. The molecular formula is C23H29FN4O3. The van der Waals surface area contributed by atoms with Gasteiger partial charge in [-0.2, -0.15) is 0 Å². The molecule has 2 aromatic rings. The lowest BCUT2D eigenvalue weighted by Crippen LogP contribution is -2.38. The number of halogens is 1. The van der Waals surface area contributed by atoms with E-state index >= 15 is 0 Å². The summed E-state index contributed by atoms with van der Waals surface area (Å²) >= 11 is 0. The summed E-state index contributed by atoms with van der Waals surface area (Å²) in [6.45, 7) is 4.01. The number of hydrogen-bond donors (Lipinski definition) is 4. The Bertz CT molecular complexity index is 968.